The van der Waals surface area contributed by atoms with Gasteiger partial charge in [0.2, 0.25) is 11.5 Å². The minimum absolute atomic E-state index is 0.00480. The lowest BCUT2D eigenvalue weighted by Gasteiger charge is -2.13. The summed E-state index contributed by atoms with van der Waals surface area (Å²) in [6.45, 7) is 0. The molecule has 0 fully saturated rings. The van der Waals surface area contributed by atoms with Gasteiger partial charge in [0.1, 0.15) is 0 Å². The first-order valence-corrected chi connectivity index (χ1v) is 12.0. The van der Waals surface area contributed by atoms with E-state index in [4.69, 9.17) is 33.2 Å². The Morgan fingerprint density at radius 1 is 0.625 bits per heavy atom. The van der Waals surface area contributed by atoms with E-state index >= 15 is 0 Å². The van der Waals surface area contributed by atoms with E-state index in [0.717, 1.165) is 5.56 Å². The molecule has 0 aliphatic carbocycles. The molecule has 9 nitrogen and oxygen atoms in total. The minimum Gasteiger partial charge on any atom is -0.493 e. The summed E-state index contributed by atoms with van der Waals surface area (Å²) < 4.78 is 52.2. The fraction of sp³-hybridized carbons (Fsp3) is 0.233. The Bertz CT molecular complexity index is 1370. The second-order valence-corrected chi connectivity index (χ2v) is 8.13. The number of hydrogen-bond donors (Lipinski definition) is 1. The van der Waals surface area contributed by atoms with E-state index in [0.29, 0.717) is 51.3 Å². The number of nitrogens with one attached hydrogen (secondary N) is 1. The van der Waals surface area contributed by atoms with Gasteiger partial charge in [-0.15, -0.1) is 0 Å². The van der Waals surface area contributed by atoms with Gasteiger partial charge in [-0.05, 0) is 47.5 Å². The van der Waals surface area contributed by atoms with Gasteiger partial charge in [-0.2, -0.15) is 0 Å². The average molecular weight is 554 g/mol. The van der Waals surface area contributed by atoms with Crippen LogP contribution in [0.3, 0.4) is 0 Å². The molecule has 1 N–H and O–H groups in total. The summed E-state index contributed by atoms with van der Waals surface area (Å²) in [7, 11) is 10.4. The molecule has 0 unspecified atom stereocenters. The summed E-state index contributed by atoms with van der Waals surface area (Å²) in [6.07, 6.45) is 6.20. The first-order chi connectivity index (χ1) is 19.3. The molecule has 3 rings (SSSR count). The molecule has 0 atom stereocenters. The Morgan fingerprint density at radius 2 is 1.07 bits per heavy atom. The minimum atomic E-state index is -0.582. The van der Waals surface area contributed by atoms with Crippen LogP contribution in [0.2, 0.25) is 0 Å². The fourth-order valence-corrected chi connectivity index (χ4v) is 3.94. The number of ether oxygens (including phenoxy) is 7. The maximum atomic E-state index is 14.9. The van der Waals surface area contributed by atoms with Crippen molar-refractivity contribution in [1.29, 1.82) is 0 Å². The Balaban J connectivity index is 1.87. The number of methoxy groups -OCH3 is 7. The average Bonchev–Trinajstić information content (AvgIpc) is 2.98. The molecule has 40 heavy (non-hydrogen) atoms. The number of allylic oxidation sites excluding steroid dienone is 1. The topological polar surface area (TPSA) is 93.7 Å². The smallest absolute Gasteiger partial charge is 0.203 e. The third kappa shape index (κ3) is 6.58. The van der Waals surface area contributed by atoms with Crippen molar-refractivity contribution in [3.05, 3.63) is 71.2 Å². The van der Waals surface area contributed by atoms with Crippen LogP contribution in [0.5, 0.6) is 40.2 Å². The molecule has 0 saturated heterocycles. The van der Waals surface area contributed by atoms with Crippen molar-refractivity contribution in [2.24, 2.45) is 0 Å². The molecule has 3 aromatic rings. The maximum absolute atomic E-state index is 14.9. The van der Waals surface area contributed by atoms with Crippen LogP contribution in [0.1, 0.15) is 21.5 Å². The van der Waals surface area contributed by atoms with Crippen LogP contribution in [0.4, 0.5) is 10.1 Å². The maximum Gasteiger partial charge on any atom is 0.203 e. The molecule has 0 aliphatic rings. The zero-order valence-corrected chi connectivity index (χ0v) is 23.4. The Labute approximate surface area is 232 Å². The van der Waals surface area contributed by atoms with Crippen molar-refractivity contribution in [3.63, 3.8) is 0 Å². The quantitative estimate of drug-likeness (QED) is 0.159. The monoisotopic (exact) mass is 553 g/mol. The molecule has 0 heterocycles. The highest BCUT2D eigenvalue weighted by atomic mass is 19.1. The van der Waals surface area contributed by atoms with Crippen LogP contribution >= 0.6 is 0 Å². The third-order valence-corrected chi connectivity index (χ3v) is 5.85. The largest absolute Gasteiger partial charge is 0.493 e. The fourth-order valence-electron chi connectivity index (χ4n) is 3.94. The first-order valence-electron chi connectivity index (χ1n) is 12.0. The van der Waals surface area contributed by atoms with Crippen molar-refractivity contribution < 1.29 is 42.3 Å². The van der Waals surface area contributed by atoms with Gasteiger partial charge in [-0.3, -0.25) is 4.79 Å². The summed E-state index contributed by atoms with van der Waals surface area (Å²) in [6, 6.07) is 9.66. The summed E-state index contributed by atoms with van der Waals surface area (Å²) in [5.41, 5.74) is 1.92. The molecule has 0 aromatic heterocycles. The molecule has 0 saturated carbocycles. The van der Waals surface area contributed by atoms with Gasteiger partial charge in [0.25, 0.3) is 0 Å². The van der Waals surface area contributed by atoms with E-state index in [2.05, 4.69) is 5.32 Å². The lowest BCUT2D eigenvalue weighted by molar-refractivity contribution is 0.104. The predicted molar refractivity (Wildman–Crippen MR) is 151 cm³/mol. The molecule has 0 aliphatic heterocycles. The number of carbonyl (C=O) groups is 1. The number of benzene rings is 3. The standard InChI is InChI=1S/C30H32FNO8/c1-34-24-14-19(15-25(35-2)29(24)39-6)9-8-18-12-21(31)28(38-5)22(13-18)32-11-10-23(33)20-16-26(36-3)30(40-7)27(17-20)37-4/h8-17,32H,1-7H3/b9-8-,11-10-. The second-order valence-electron chi connectivity index (χ2n) is 8.13. The highest BCUT2D eigenvalue weighted by Crippen LogP contribution is 2.40. The van der Waals surface area contributed by atoms with Crippen molar-refractivity contribution in [2.75, 3.05) is 55.1 Å². The van der Waals surface area contributed by atoms with Crippen LogP contribution in [0.15, 0.2) is 48.7 Å². The van der Waals surface area contributed by atoms with E-state index in [1.165, 1.54) is 68.1 Å². The van der Waals surface area contributed by atoms with Gasteiger partial charge in [0, 0.05) is 17.8 Å². The van der Waals surface area contributed by atoms with Crippen LogP contribution in [-0.2, 0) is 0 Å². The summed E-state index contributed by atoms with van der Waals surface area (Å²) >= 11 is 0. The van der Waals surface area contributed by atoms with Crippen LogP contribution < -0.4 is 38.5 Å². The molecule has 0 radical (unpaired) electrons. The Kier molecular flexibility index (Phi) is 10.2. The van der Waals surface area contributed by atoms with Gasteiger partial charge >= 0.3 is 0 Å². The van der Waals surface area contributed by atoms with Crippen molar-refractivity contribution in [3.8, 4) is 40.2 Å². The summed E-state index contributed by atoms with van der Waals surface area (Å²) in [5.74, 6) is 1.60. The molecular formula is C30H32FNO8. The molecule has 212 valence electrons. The number of rotatable bonds is 13. The van der Waals surface area contributed by atoms with E-state index in [1.807, 2.05) is 0 Å². The lowest BCUT2D eigenvalue weighted by Crippen LogP contribution is -2.02. The van der Waals surface area contributed by atoms with Crippen LogP contribution in [0.25, 0.3) is 12.2 Å². The molecule has 3 aromatic carbocycles. The number of ketones is 1. The molecule has 0 spiro atoms. The van der Waals surface area contributed by atoms with Crippen molar-refractivity contribution in [1.82, 2.24) is 0 Å². The number of carbonyl (C=O) groups excluding carboxylic acids is 1. The van der Waals surface area contributed by atoms with E-state index in [9.17, 15) is 9.18 Å². The summed E-state index contributed by atoms with van der Waals surface area (Å²) in [4.78, 5) is 12.8. The summed E-state index contributed by atoms with van der Waals surface area (Å²) in [5, 5.41) is 2.93. The van der Waals surface area contributed by atoms with Gasteiger partial charge in [-0.25, -0.2) is 4.39 Å². The molecule has 0 bridgehead atoms. The van der Waals surface area contributed by atoms with Gasteiger partial charge in [0.15, 0.2) is 40.3 Å². The third-order valence-electron chi connectivity index (χ3n) is 5.85. The zero-order valence-electron chi connectivity index (χ0n) is 23.4. The molecule has 10 heteroatoms. The van der Waals surface area contributed by atoms with Crippen LogP contribution in [0, 0.1) is 5.82 Å². The second kappa shape index (κ2) is 13.8. The van der Waals surface area contributed by atoms with Crippen molar-refractivity contribution >= 4 is 23.6 Å². The SMILES string of the molecule is COc1cc(/C=C\c2cc(F)c(OC)c(N/C=C\C(=O)c3cc(OC)c(OC)c(OC)c3)c2)cc(OC)c1OC. The molecule has 0 amide bonds. The van der Waals surface area contributed by atoms with Crippen molar-refractivity contribution in [2.45, 2.75) is 0 Å². The number of halogens is 1. The Hall–Kier alpha value is -4.86. The lowest BCUT2D eigenvalue weighted by atomic mass is 10.1. The van der Waals surface area contributed by atoms with Gasteiger partial charge < -0.3 is 38.5 Å². The number of hydrogen-bond acceptors (Lipinski definition) is 9. The van der Waals surface area contributed by atoms with E-state index < -0.39 is 5.82 Å². The Morgan fingerprint density at radius 3 is 1.52 bits per heavy atom. The number of anilines is 1. The van der Waals surface area contributed by atoms with Crippen LogP contribution in [-0.4, -0.2) is 55.6 Å². The normalized spacial score (nSPS) is 10.9. The highest BCUT2D eigenvalue weighted by Gasteiger charge is 2.16. The van der Waals surface area contributed by atoms with E-state index in [1.54, 1.807) is 42.5 Å². The van der Waals surface area contributed by atoms with E-state index in [-0.39, 0.29) is 11.5 Å². The predicted octanol–water partition coefficient (Wildman–Crippen LogP) is 5.86. The van der Waals surface area contributed by atoms with Gasteiger partial charge in [0.05, 0.1) is 55.5 Å². The molecular weight excluding hydrogens is 521 g/mol. The zero-order chi connectivity index (χ0) is 29.2. The van der Waals surface area contributed by atoms with Gasteiger partial charge in [-0.1, -0.05) is 12.2 Å². The highest BCUT2D eigenvalue weighted by molar-refractivity contribution is 6.05. The first kappa shape index (κ1) is 29.7.